The summed E-state index contributed by atoms with van der Waals surface area (Å²) in [5.41, 5.74) is 1.84. The quantitative estimate of drug-likeness (QED) is 0.170. The van der Waals surface area contributed by atoms with Crippen LogP contribution in [0.15, 0.2) is 73.2 Å². The summed E-state index contributed by atoms with van der Waals surface area (Å²) in [7, 11) is -8.82. The summed E-state index contributed by atoms with van der Waals surface area (Å²) in [5, 5.41) is 4.81. The molecule has 3 heterocycles. The minimum atomic E-state index is -4.41. The number of carbonyl (C=O) groups excluding carboxylic acids is 1. The molecule has 0 saturated carbocycles. The number of rotatable bonds is 11. The second-order valence-electron chi connectivity index (χ2n) is 13.5. The summed E-state index contributed by atoms with van der Waals surface area (Å²) in [4.78, 5) is 20.7. The third kappa shape index (κ3) is 8.36. The van der Waals surface area contributed by atoms with Crippen LogP contribution in [-0.4, -0.2) is 85.4 Å². The fourth-order valence-corrected chi connectivity index (χ4v) is 10.1. The molecule has 0 bridgehead atoms. The molecule has 1 amide bonds. The number of ether oxygens (including phenoxy) is 1. The lowest BCUT2D eigenvalue weighted by molar-refractivity contribution is 0.0159. The number of anilines is 2. The first kappa shape index (κ1) is 37.7. The van der Waals surface area contributed by atoms with Gasteiger partial charge in [-0.3, -0.25) is 4.98 Å². The molecule has 4 aromatic rings. The number of piperazine rings is 1. The van der Waals surface area contributed by atoms with E-state index in [0.717, 1.165) is 5.69 Å². The smallest absolute Gasteiger partial charge is 0.410 e. The van der Waals surface area contributed by atoms with E-state index in [-0.39, 0.29) is 34.3 Å². The van der Waals surface area contributed by atoms with Crippen molar-refractivity contribution in [2.24, 2.45) is 0 Å². The van der Waals surface area contributed by atoms with Gasteiger partial charge in [0.05, 0.1) is 17.2 Å². The Hall–Kier alpha value is -4.50. The molecule has 1 aliphatic heterocycles. The van der Waals surface area contributed by atoms with Gasteiger partial charge in [0.1, 0.15) is 17.0 Å². The van der Waals surface area contributed by atoms with Crippen molar-refractivity contribution in [2.45, 2.75) is 66.0 Å². The Balaban J connectivity index is 1.51. The monoisotopic (exact) mass is 740 g/mol. The first-order valence-electron chi connectivity index (χ1n) is 17.0. The maximum Gasteiger partial charge on any atom is 0.410 e. The maximum absolute atomic E-state index is 16.6. The average molecular weight is 741 g/mol. The number of hydrogen-bond acceptors (Lipinski definition) is 9. The maximum atomic E-state index is 16.6. The second kappa shape index (κ2) is 15.0. The topological polar surface area (TPSA) is 135 Å². The summed E-state index contributed by atoms with van der Waals surface area (Å²) >= 11 is 0. The van der Waals surface area contributed by atoms with Gasteiger partial charge >= 0.3 is 6.09 Å². The van der Waals surface area contributed by atoms with Crippen molar-refractivity contribution in [2.75, 3.05) is 39.8 Å². The normalized spacial score (nSPS) is 15.5. The highest BCUT2D eigenvalue weighted by atomic mass is 32.3. The van der Waals surface area contributed by atoms with Crippen LogP contribution >= 0.6 is 0 Å². The third-order valence-electron chi connectivity index (χ3n) is 8.30. The van der Waals surface area contributed by atoms with Crippen molar-refractivity contribution in [1.82, 2.24) is 19.7 Å². The van der Waals surface area contributed by atoms with Crippen LogP contribution in [0.3, 0.4) is 0 Å². The highest BCUT2D eigenvalue weighted by molar-refractivity contribution is 8.10. The predicted octanol–water partition coefficient (Wildman–Crippen LogP) is 6.47. The molecule has 12 nitrogen and oxygen atoms in total. The molecule has 0 spiro atoms. The summed E-state index contributed by atoms with van der Waals surface area (Å²) in [6.07, 6.45) is 4.78. The Kier molecular flexibility index (Phi) is 11.1. The lowest BCUT2D eigenvalue weighted by Gasteiger charge is -2.41. The molecule has 0 aliphatic carbocycles. The van der Waals surface area contributed by atoms with E-state index in [2.05, 4.69) is 9.88 Å². The van der Waals surface area contributed by atoms with E-state index in [1.54, 1.807) is 54.2 Å². The van der Waals surface area contributed by atoms with Gasteiger partial charge in [-0.05, 0) is 83.0 Å². The summed E-state index contributed by atoms with van der Waals surface area (Å²) in [6.45, 7) is 12.5. The Morgan fingerprint density at radius 3 is 2.08 bits per heavy atom. The molecule has 51 heavy (non-hydrogen) atoms. The number of sulfonamides is 2. The molecule has 5 rings (SSSR count). The van der Waals surface area contributed by atoms with Gasteiger partial charge in [0.2, 0.25) is 20.0 Å². The fraction of sp³-hybridized carbons (Fsp3) is 0.417. The fourth-order valence-electron chi connectivity index (χ4n) is 6.05. The minimum absolute atomic E-state index is 0.0116. The van der Waals surface area contributed by atoms with Crippen LogP contribution in [-0.2, 0) is 24.8 Å². The number of amides is 1. The largest absolute Gasteiger partial charge is 0.444 e. The first-order chi connectivity index (χ1) is 24.1. The number of aromatic nitrogens is 3. The van der Waals surface area contributed by atoms with E-state index in [9.17, 15) is 21.6 Å². The number of carbonyl (C=O) groups is 1. The third-order valence-corrected chi connectivity index (χ3v) is 12.9. The minimum Gasteiger partial charge on any atom is -0.444 e. The molecular weight excluding hydrogens is 696 g/mol. The van der Waals surface area contributed by atoms with Gasteiger partial charge in [-0.1, -0.05) is 26.0 Å². The van der Waals surface area contributed by atoms with E-state index < -0.39 is 48.7 Å². The Morgan fingerprint density at radius 1 is 0.902 bits per heavy atom. The van der Waals surface area contributed by atoms with E-state index in [0.29, 0.717) is 42.1 Å². The molecule has 15 heteroatoms. The van der Waals surface area contributed by atoms with E-state index >= 15 is 4.39 Å². The zero-order valence-electron chi connectivity index (χ0n) is 29.8. The molecule has 1 fully saturated rings. The van der Waals surface area contributed by atoms with Crippen LogP contribution in [0.5, 0.6) is 0 Å². The Labute approximate surface area is 300 Å². The van der Waals surface area contributed by atoms with Crippen LogP contribution in [0.1, 0.15) is 54.4 Å². The van der Waals surface area contributed by atoms with Gasteiger partial charge in [0.25, 0.3) is 0 Å². The Bertz CT molecular complexity index is 2030. The summed E-state index contributed by atoms with van der Waals surface area (Å²) < 4.78 is 77.4. The van der Waals surface area contributed by atoms with Crippen LogP contribution in [0.4, 0.5) is 20.6 Å². The molecule has 0 N–H and O–H groups in total. The molecule has 1 aliphatic rings. The lowest BCUT2D eigenvalue weighted by Crippen LogP contribution is -2.55. The van der Waals surface area contributed by atoms with Gasteiger partial charge in [-0.2, -0.15) is 8.81 Å². The van der Waals surface area contributed by atoms with Crippen LogP contribution in [0, 0.1) is 5.82 Å². The zero-order valence-corrected chi connectivity index (χ0v) is 31.4. The number of benzene rings is 2. The highest BCUT2D eigenvalue weighted by Crippen LogP contribution is 2.38. The number of nitrogens with zero attached hydrogens (tertiary/aromatic N) is 6. The predicted molar refractivity (Wildman–Crippen MR) is 197 cm³/mol. The molecule has 2 aromatic carbocycles. The van der Waals surface area contributed by atoms with Gasteiger partial charge in [-0.25, -0.2) is 30.7 Å². The van der Waals surface area contributed by atoms with Crippen molar-refractivity contribution in [3.05, 3.63) is 79.0 Å². The SMILES string of the molecule is CCCS(=O)(=O)N(c1cccc(-c2cn(-c3ccc(N4CCN(C(=O)OC(C)(C)C)[C@H](C)C4)cc3)nc2-c2ccncc2)c1F)S(=O)(=O)CCC. The summed E-state index contributed by atoms with van der Waals surface area (Å²) in [6, 6.07) is 15.1. The Morgan fingerprint density at radius 2 is 1.51 bits per heavy atom. The highest BCUT2D eigenvalue weighted by Gasteiger charge is 2.36. The van der Waals surface area contributed by atoms with E-state index in [4.69, 9.17) is 9.84 Å². The average Bonchev–Trinajstić information content (AvgIpc) is 3.50. The number of pyridine rings is 1. The van der Waals surface area contributed by atoms with Gasteiger partial charge < -0.3 is 14.5 Å². The van der Waals surface area contributed by atoms with Gasteiger partial charge in [0, 0.05) is 66.6 Å². The molecule has 1 atom stereocenters. The van der Waals surface area contributed by atoms with Gasteiger partial charge in [-0.15, -0.1) is 0 Å². The van der Waals surface area contributed by atoms with Gasteiger partial charge in [0.15, 0.2) is 5.82 Å². The van der Waals surface area contributed by atoms with Crippen molar-refractivity contribution >= 4 is 37.5 Å². The molecule has 0 radical (unpaired) electrons. The molecule has 0 unspecified atom stereocenters. The standard InChI is InChI=1S/C36H45FN6O6S2/c1-7-22-50(45,46)43(51(47,48)23-8-2)32-11-9-10-30(33(32)37)31-25-42(39-34(31)27-16-18-38-19-17-27)29-14-12-28(13-15-29)40-20-21-41(26(3)24-40)35(44)49-36(4,5)6/h9-19,25-26H,7-8,20-24H2,1-6H3/t26-/m1/s1. The van der Waals surface area contributed by atoms with E-state index in [1.165, 1.54) is 18.2 Å². The van der Waals surface area contributed by atoms with Crippen LogP contribution in [0.25, 0.3) is 28.1 Å². The number of hydrogen-bond donors (Lipinski definition) is 0. The van der Waals surface area contributed by atoms with Crippen molar-refractivity contribution in [3.8, 4) is 28.1 Å². The summed E-state index contributed by atoms with van der Waals surface area (Å²) in [5.74, 6) is -1.93. The van der Waals surface area contributed by atoms with E-state index in [1.807, 2.05) is 52.0 Å². The van der Waals surface area contributed by atoms with Crippen LogP contribution < -0.4 is 8.61 Å². The second-order valence-corrected chi connectivity index (χ2v) is 17.6. The van der Waals surface area contributed by atoms with Crippen molar-refractivity contribution in [3.63, 3.8) is 0 Å². The molecule has 274 valence electrons. The first-order valence-corrected chi connectivity index (χ1v) is 20.2. The lowest BCUT2D eigenvalue weighted by atomic mass is 10.0. The zero-order chi connectivity index (χ0) is 37.1. The van der Waals surface area contributed by atoms with Crippen molar-refractivity contribution in [1.29, 1.82) is 0 Å². The van der Waals surface area contributed by atoms with Crippen LogP contribution in [0.2, 0.25) is 0 Å². The number of halogens is 1. The van der Waals surface area contributed by atoms with Crippen molar-refractivity contribution < 1.29 is 30.8 Å². The molecular formula is C36H45FN6O6S2. The molecule has 2 aromatic heterocycles. The molecule has 1 saturated heterocycles.